The SMILES string of the molecule is CC1CN(C(=O)c2ccc3c(c2)CNC3)CCC1O. The Balaban J connectivity index is 1.77. The predicted octanol–water partition coefficient (Wildman–Crippen LogP) is 1.13. The van der Waals surface area contributed by atoms with Gasteiger partial charge in [0, 0.05) is 31.7 Å². The van der Waals surface area contributed by atoms with Crippen LogP contribution in [0.3, 0.4) is 0 Å². The molecule has 102 valence electrons. The summed E-state index contributed by atoms with van der Waals surface area (Å²) in [6.07, 6.45) is 0.410. The van der Waals surface area contributed by atoms with Crippen LogP contribution in [0.15, 0.2) is 18.2 Å². The van der Waals surface area contributed by atoms with Crippen LogP contribution in [0.1, 0.15) is 34.8 Å². The number of carbonyl (C=O) groups is 1. The van der Waals surface area contributed by atoms with E-state index in [2.05, 4.69) is 5.32 Å². The number of aliphatic hydroxyl groups excluding tert-OH is 1. The molecule has 0 aliphatic carbocycles. The van der Waals surface area contributed by atoms with Crippen LogP contribution >= 0.6 is 0 Å². The van der Waals surface area contributed by atoms with E-state index in [9.17, 15) is 9.90 Å². The Bertz CT molecular complexity index is 501. The van der Waals surface area contributed by atoms with Crippen molar-refractivity contribution in [2.75, 3.05) is 13.1 Å². The standard InChI is InChI=1S/C15H20N2O2/c1-10-9-17(5-4-14(10)18)15(19)11-2-3-12-7-16-8-13(12)6-11/h2-3,6,10,14,16,18H,4-5,7-9H2,1H3. The first-order valence-corrected chi connectivity index (χ1v) is 6.95. The van der Waals surface area contributed by atoms with Crippen molar-refractivity contribution in [3.05, 3.63) is 34.9 Å². The van der Waals surface area contributed by atoms with Gasteiger partial charge in [0.25, 0.3) is 5.91 Å². The fraction of sp³-hybridized carbons (Fsp3) is 0.533. The van der Waals surface area contributed by atoms with Gasteiger partial charge in [-0.2, -0.15) is 0 Å². The molecule has 0 aromatic heterocycles. The Hall–Kier alpha value is -1.39. The van der Waals surface area contributed by atoms with Crippen molar-refractivity contribution >= 4 is 5.91 Å². The molecule has 1 aromatic rings. The Morgan fingerprint density at radius 1 is 1.37 bits per heavy atom. The lowest BCUT2D eigenvalue weighted by Gasteiger charge is -2.34. The topological polar surface area (TPSA) is 52.6 Å². The number of fused-ring (bicyclic) bond motifs is 1. The fourth-order valence-electron chi connectivity index (χ4n) is 2.93. The van der Waals surface area contributed by atoms with Gasteiger partial charge in [-0.25, -0.2) is 0 Å². The van der Waals surface area contributed by atoms with Crippen LogP contribution in [0.4, 0.5) is 0 Å². The summed E-state index contributed by atoms with van der Waals surface area (Å²) in [4.78, 5) is 14.3. The molecule has 1 amide bonds. The minimum absolute atomic E-state index is 0.0912. The maximum atomic E-state index is 12.5. The number of nitrogens with one attached hydrogen (secondary N) is 1. The number of nitrogens with zero attached hydrogens (tertiary/aromatic N) is 1. The number of likely N-dealkylation sites (tertiary alicyclic amines) is 1. The van der Waals surface area contributed by atoms with Gasteiger partial charge in [0.1, 0.15) is 0 Å². The van der Waals surface area contributed by atoms with Gasteiger partial charge >= 0.3 is 0 Å². The molecule has 0 spiro atoms. The third kappa shape index (κ3) is 2.38. The average molecular weight is 260 g/mol. The molecule has 2 N–H and O–H groups in total. The van der Waals surface area contributed by atoms with Crippen LogP contribution in [0.25, 0.3) is 0 Å². The quantitative estimate of drug-likeness (QED) is 0.796. The molecule has 0 radical (unpaired) electrons. The molecule has 1 saturated heterocycles. The number of carbonyl (C=O) groups excluding carboxylic acids is 1. The van der Waals surface area contributed by atoms with E-state index in [4.69, 9.17) is 0 Å². The van der Waals surface area contributed by atoms with Gasteiger partial charge in [0.05, 0.1) is 6.10 Å². The molecular weight excluding hydrogens is 240 g/mol. The van der Waals surface area contributed by atoms with Crippen LogP contribution in [0.2, 0.25) is 0 Å². The highest BCUT2D eigenvalue weighted by molar-refractivity contribution is 5.94. The Labute approximate surface area is 113 Å². The largest absolute Gasteiger partial charge is 0.393 e. The fourth-order valence-corrected chi connectivity index (χ4v) is 2.93. The number of hydrogen-bond donors (Lipinski definition) is 2. The van der Waals surface area contributed by atoms with Crippen LogP contribution in [0, 0.1) is 5.92 Å². The molecule has 2 aliphatic rings. The molecular formula is C15H20N2O2. The first-order chi connectivity index (χ1) is 9.15. The minimum atomic E-state index is -0.270. The number of aliphatic hydroxyl groups is 1. The molecule has 4 heteroatoms. The van der Waals surface area contributed by atoms with Crippen LogP contribution in [0.5, 0.6) is 0 Å². The molecule has 1 fully saturated rings. The maximum absolute atomic E-state index is 12.5. The zero-order valence-electron chi connectivity index (χ0n) is 11.2. The van der Waals surface area contributed by atoms with Crippen LogP contribution in [-0.2, 0) is 13.1 Å². The van der Waals surface area contributed by atoms with Gasteiger partial charge in [-0.15, -0.1) is 0 Å². The number of rotatable bonds is 1. The zero-order valence-corrected chi connectivity index (χ0v) is 11.2. The number of piperidine rings is 1. The molecule has 3 rings (SSSR count). The summed E-state index contributed by atoms with van der Waals surface area (Å²) in [7, 11) is 0. The molecule has 2 atom stereocenters. The van der Waals surface area contributed by atoms with Gasteiger partial charge in [0.2, 0.25) is 0 Å². The number of benzene rings is 1. The van der Waals surface area contributed by atoms with Gasteiger partial charge in [0.15, 0.2) is 0 Å². The Kier molecular flexibility index (Phi) is 3.29. The van der Waals surface area contributed by atoms with E-state index in [0.717, 1.165) is 18.7 Å². The second-order valence-electron chi connectivity index (χ2n) is 5.67. The molecule has 1 aromatic carbocycles. The summed E-state index contributed by atoms with van der Waals surface area (Å²) in [6.45, 7) is 5.05. The number of amides is 1. The number of hydrogen-bond acceptors (Lipinski definition) is 3. The first-order valence-electron chi connectivity index (χ1n) is 6.95. The van der Waals surface area contributed by atoms with E-state index in [1.807, 2.05) is 30.0 Å². The smallest absolute Gasteiger partial charge is 0.253 e. The van der Waals surface area contributed by atoms with Crippen molar-refractivity contribution in [1.29, 1.82) is 0 Å². The van der Waals surface area contributed by atoms with E-state index in [1.165, 1.54) is 11.1 Å². The summed E-state index contributed by atoms with van der Waals surface area (Å²) >= 11 is 0. The van der Waals surface area contributed by atoms with Gasteiger partial charge in [-0.1, -0.05) is 13.0 Å². The second kappa shape index (κ2) is 4.94. The highest BCUT2D eigenvalue weighted by atomic mass is 16.3. The predicted molar refractivity (Wildman–Crippen MR) is 72.7 cm³/mol. The third-order valence-corrected chi connectivity index (χ3v) is 4.23. The van der Waals surface area contributed by atoms with Crippen LogP contribution in [-0.4, -0.2) is 35.1 Å². The molecule has 2 aliphatic heterocycles. The normalized spacial score (nSPS) is 26.3. The molecule has 0 saturated carbocycles. The Morgan fingerprint density at radius 2 is 2.16 bits per heavy atom. The van der Waals surface area contributed by atoms with Crippen molar-refractivity contribution in [3.8, 4) is 0 Å². The van der Waals surface area contributed by atoms with E-state index in [0.29, 0.717) is 19.5 Å². The summed E-state index contributed by atoms with van der Waals surface area (Å²) in [5.74, 6) is 0.252. The van der Waals surface area contributed by atoms with Crippen molar-refractivity contribution in [2.45, 2.75) is 32.5 Å². The van der Waals surface area contributed by atoms with Gasteiger partial charge < -0.3 is 15.3 Å². The third-order valence-electron chi connectivity index (χ3n) is 4.23. The average Bonchev–Trinajstić information content (AvgIpc) is 2.88. The van der Waals surface area contributed by atoms with E-state index >= 15 is 0 Å². The van der Waals surface area contributed by atoms with E-state index < -0.39 is 0 Å². The Morgan fingerprint density at radius 3 is 2.95 bits per heavy atom. The van der Waals surface area contributed by atoms with Gasteiger partial charge in [-0.05, 0) is 35.6 Å². The summed E-state index contributed by atoms with van der Waals surface area (Å²) in [5, 5.41) is 13.0. The van der Waals surface area contributed by atoms with E-state index in [-0.39, 0.29) is 17.9 Å². The maximum Gasteiger partial charge on any atom is 0.253 e. The monoisotopic (exact) mass is 260 g/mol. The summed E-state index contributed by atoms with van der Waals surface area (Å²) in [5.41, 5.74) is 3.29. The lowest BCUT2D eigenvalue weighted by Crippen LogP contribution is -2.44. The highest BCUT2D eigenvalue weighted by Gasteiger charge is 2.28. The first kappa shape index (κ1) is 12.6. The molecule has 19 heavy (non-hydrogen) atoms. The second-order valence-corrected chi connectivity index (χ2v) is 5.67. The summed E-state index contributed by atoms with van der Waals surface area (Å²) in [6, 6.07) is 5.97. The van der Waals surface area contributed by atoms with Crippen molar-refractivity contribution in [1.82, 2.24) is 10.2 Å². The molecule has 2 heterocycles. The summed E-state index contributed by atoms with van der Waals surface area (Å²) < 4.78 is 0. The van der Waals surface area contributed by atoms with Crippen LogP contribution < -0.4 is 5.32 Å². The minimum Gasteiger partial charge on any atom is -0.393 e. The molecule has 2 unspecified atom stereocenters. The van der Waals surface area contributed by atoms with Gasteiger partial charge in [-0.3, -0.25) is 4.79 Å². The van der Waals surface area contributed by atoms with Crippen molar-refractivity contribution < 1.29 is 9.90 Å². The highest BCUT2D eigenvalue weighted by Crippen LogP contribution is 2.21. The molecule has 0 bridgehead atoms. The van der Waals surface area contributed by atoms with Crippen molar-refractivity contribution in [2.24, 2.45) is 5.92 Å². The lowest BCUT2D eigenvalue weighted by molar-refractivity contribution is 0.0297. The molecule has 4 nitrogen and oxygen atoms in total. The lowest BCUT2D eigenvalue weighted by atomic mass is 9.96. The van der Waals surface area contributed by atoms with Crippen molar-refractivity contribution in [3.63, 3.8) is 0 Å². The van der Waals surface area contributed by atoms with E-state index in [1.54, 1.807) is 0 Å². The zero-order chi connectivity index (χ0) is 13.4.